The quantitative estimate of drug-likeness (QED) is 0.704. The highest BCUT2D eigenvalue weighted by molar-refractivity contribution is 7.90. The molecule has 0 aliphatic rings. The molecule has 0 spiro atoms. The molecule has 4 N–H and O–H groups in total. The van der Waals surface area contributed by atoms with Crippen LogP contribution in [0.5, 0.6) is 0 Å². The largest absolute Gasteiger partial charge is 0.329 e. The van der Waals surface area contributed by atoms with Gasteiger partial charge in [0.2, 0.25) is 0 Å². The van der Waals surface area contributed by atoms with Crippen molar-refractivity contribution in [3.63, 3.8) is 0 Å². The normalized spacial score (nSPS) is 11.4. The van der Waals surface area contributed by atoms with E-state index in [9.17, 15) is 8.42 Å². The number of hydrogen-bond donors (Lipinski definition) is 3. The third kappa shape index (κ3) is 3.48. The summed E-state index contributed by atoms with van der Waals surface area (Å²) in [6.07, 6.45) is 0. The zero-order chi connectivity index (χ0) is 12.2. The molecule has 0 unspecified atom stereocenters. The fraction of sp³-hybridized carbons (Fsp3) is 0.400. The Morgan fingerprint density at radius 2 is 2.00 bits per heavy atom. The minimum Gasteiger partial charge on any atom is -0.329 e. The van der Waals surface area contributed by atoms with Crippen molar-refractivity contribution in [2.75, 3.05) is 17.8 Å². The first-order valence-corrected chi connectivity index (χ1v) is 6.48. The average molecular weight is 243 g/mol. The maximum Gasteiger partial charge on any atom is 0.299 e. The molecule has 0 saturated carbocycles. The molecule has 0 aliphatic heterocycles. The van der Waals surface area contributed by atoms with Gasteiger partial charge in [-0.3, -0.25) is 4.72 Å². The Bertz CT molecular complexity index is 457. The summed E-state index contributed by atoms with van der Waals surface area (Å²) < 4.78 is 27.9. The van der Waals surface area contributed by atoms with Gasteiger partial charge in [0, 0.05) is 13.1 Å². The average Bonchev–Trinajstić information content (AvgIpc) is 2.22. The summed E-state index contributed by atoms with van der Waals surface area (Å²) in [4.78, 5) is 0. The molecule has 6 heteroatoms. The van der Waals surface area contributed by atoms with Crippen LogP contribution in [0.2, 0.25) is 0 Å². The fourth-order valence-electron chi connectivity index (χ4n) is 1.24. The van der Waals surface area contributed by atoms with Crippen LogP contribution >= 0.6 is 0 Å². The molecule has 0 radical (unpaired) electrons. The summed E-state index contributed by atoms with van der Waals surface area (Å²) in [5.41, 5.74) is 7.77. The summed E-state index contributed by atoms with van der Waals surface area (Å²) in [6, 6.07) is 5.47. The van der Waals surface area contributed by atoms with Crippen molar-refractivity contribution < 1.29 is 8.42 Å². The molecular formula is C10H17N3O2S. The van der Waals surface area contributed by atoms with E-state index in [-0.39, 0.29) is 13.1 Å². The Morgan fingerprint density at radius 1 is 1.31 bits per heavy atom. The van der Waals surface area contributed by atoms with Gasteiger partial charge in [0.25, 0.3) is 10.2 Å². The molecule has 0 aromatic heterocycles. The number of nitrogens with two attached hydrogens (primary N) is 1. The van der Waals surface area contributed by atoms with Crippen LogP contribution in [0.1, 0.15) is 11.1 Å². The number of rotatable bonds is 5. The fourth-order valence-corrected chi connectivity index (χ4v) is 2.21. The van der Waals surface area contributed by atoms with Gasteiger partial charge in [0.15, 0.2) is 0 Å². The topological polar surface area (TPSA) is 84.2 Å². The van der Waals surface area contributed by atoms with Crippen molar-refractivity contribution in [2.45, 2.75) is 13.8 Å². The summed E-state index contributed by atoms with van der Waals surface area (Å²) >= 11 is 0. The molecule has 90 valence electrons. The summed E-state index contributed by atoms with van der Waals surface area (Å²) in [6.45, 7) is 4.30. The second kappa shape index (κ2) is 5.29. The van der Waals surface area contributed by atoms with Crippen molar-refractivity contribution in [1.82, 2.24) is 4.72 Å². The van der Waals surface area contributed by atoms with Gasteiger partial charge in [-0.05, 0) is 31.0 Å². The summed E-state index contributed by atoms with van der Waals surface area (Å²) in [5.74, 6) is 0. The van der Waals surface area contributed by atoms with Crippen LogP contribution in [0.4, 0.5) is 5.69 Å². The predicted molar refractivity (Wildman–Crippen MR) is 65.5 cm³/mol. The van der Waals surface area contributed by atoms with Crippen LogP contribution in [-0.4, -0.2) is 21.5 Å². The van der Waals surface area contributed by atoms with Crippen LogP contribution in [0.15, 0.2) is 18.2 Å². The van der Waals surface area contributed by atoms with Crippen LogP contribution in [0.25, 0.3) is 0 Å². The molecule has 0 bridgehead atoms. The van der Waals surface area contributed by atoms with Gasteiger partial charge >= 0.3 is 0 Å². The van der Waals surface area contributed by atoms with E-state index in [1.807, 2.05) is 26.0 Å². The molecule has 0 amide bonds. The molecule has 16 heavy (non-hydrogen) atoms. The molecule has 0 fully saturated rings. The number of anilines is 1. The van der Waals surface area contributed by atoms with Gasteiger partial charge in [-0.15, -0.1) is 0 Å². The molecule has 1 rings (SSSR count). The van der Waals surface area contributed by atoms with E-state index < -0.39 is 10.2 Å². The van der Waals surface area contributed by atoms with Crippen molar-refractivity contribution in [3.05, 3.63) is 29.3 Å². The van der Waals surface area contributed by atoms with Crippen molar-refractivity contribution in [3.8, 4) is 0 Å². The SMILES string of the molecule is Cc1cccc(NS(=O)(=O)NCCN)c1C. The Kier molecular flexibility index (Phi) is 4.28. The second-order valence-electron chi connectivity index (χ2n) is 3.54. The first-order chi connectivity index (χ1) is 7.46. The highest BCUT2D eigenvalue weighted by Gasteiger charge is 2.10. The zero-order valence-electron chi connectivity index (χ0n) is 9.45. The third-order valence-electron chi connectivity index (χ3n) is 2.29. The van der Waals surface area contributed by atoms with Gasteiger partial charge in [-0.25, -0.2) is 0 Å². The van der Waals surface area contributed by atoms with E-state index in [4.69, 9.17) is 5.73 Å². The maximum absolute atomic E-state index is 11.5. The minimum absolute atomic E-state index is 0.222. The minimum atomic E-state index is -3.52. The molecule has 1 aromatic rings. The van der Waals surface area contributed by atoms with Crippen LogP contribution in [0.3, 0.4) is 0 Å². The standard InChI is InChI=1S/C10H17N3O2S/c1-8-4-3-5-10(9(8)2)13-16(14,15)12-7-6-11/h3-5,12-13H,6-7,11H2,1-2H3. The zero-order valence-corrected chi connectivity index (χ0v) is 10.3. The Hall–Kier alpha value is -1.11. The third-order valence-corrected chi connectivity index (χ3v) is 3.36. The van der Waals surface area contributed by atoms with E-state index in [1.165, 1.54) is 0 Å². The van der Waals surface area contributed by atoms with Gasteiger partial charge in [0.1, 0.15) is 0 Å². The molecule has 0 saturated heterocycles. The van der Waals surface area contributed by atoms with E-state index in [0.717, 1.165) is 11.1 Å². The first-order valence-electron chi connectivity index (χ1n) is 5.00. The van der Waals surface area contributed by atoms with Gasteiger partial charge in [0.05, 0.1) is 5.69 Å². The van der Waals surface area contributed by atoms with E-state index in [0.29, 0.717) is 5.69 Å². The molecule has 1 aromatic carbocycles. The maximum atomic E-state index is 11.5. The van der Waals surface area contributed by atoms with Crippen LogP contribution < -0.4 is 15.2 Å². The van der Waals surface area contributed by atoms with E-state index >= 15 is 0 Å². The summed E-state index contributed by atoms with van der Waals surface area (Å²) in [5, 5.41) is 0. The predicted octanol–water partition coefficient (Wildman–Crippen LogP) is 0.508. The monoisotopic (exact) mass is 243 g/mol. The number of hydrogen-bond acceptors (Lipinski definition) is 3. The summed E-state index contributed by atoms with van der Waals surface area (Å²) in [7, 11) is -3.52. The Morgan fingerprint density at radius 3 is 2.62 bits per heavy atom. The molecule has 0 aliphatic carbocycles. The lowest BCUT2D eigenvalue weighted by Gasteiger charge is -2.12. The van der Waals surface area contributed by atoms with Crippen molar-refractivity contribution in [2.24, 2.45) is 5.73 Å². The number of benzene rings is 1. The highest BCUT2D eigenvalue weighted by Crippen LogP contribution is 2.18. The Balaban J connectivity index is 2.84. The number of nitrogens with one attached hydrogen (secondary N) is 2. The lowest BCUT2D eigenvalue weighted by atomic mass is 10.1. The second-order valence-corrected chi connectivity index (χ2v) is 5.04. The molecule has 0 heterocycles. The first kappa shape index (κ1) is 13.0. The van der Waals surface area contributed by atoms with E-state index in [2.05, 4.69) is 9.44 Å². The highest BCUT2D eigenvalue weighted by atomic mass is 32.2. The smallest absolute Gasteiger partial charge is 0.299 e. The van der Waals surface area contributed by atoms with Gasteiger partial charge in [-0.1, -0.05) is 12.1 Å². The van der Waals surface area contributed by atoms with Gasteiger partial charge in [-0.2, -0.15) is 13.1 Å². The number of aryl methyl sites for hydroxylation is 1. The van der Waals surface area contributed by atoms with Crippen LogP contribution in [-0.2, 0) is 10.2 Å². The lowest BCUT2D eigenvalue weighted by Crippen LogP contribution is -2.34. The van der Waals surface area contributed by atoms with Crippen molar-refractivity contribution in [1.29, 1.82) is 0 Å². The van der Waals surface area contributed by atoms with Crippen molar-refractivity contribution >= 4 is 15.9 Å². The molecule has 5 nitrogen and oxygen atoms in total. The Labute approximate surface area is 96.2 Å². The molecule has 0 atom stereocenters. The lowest BCUT2D eigenvalue weighted by molar-refractivity contribution is 0.587. The molecular weight excluding hydrogens is 226 g/mol. The van der Waals surface area contributed by atoms with Gasteiger partial charge < -0.3 is 5.73 Å². The van der Waals surface area contributed by atoms with Crippen LogP contribution in [0, 0.1) is 13.8 Å². The van der Waals surface area contributed by atoms with E-state index in [1.54, 1.807) is 6.07 Å².